The van der Waals surface area contributed by atoms with Crippen molar-refractivity contribution in [2.45, 2.75) is 26.9 Å². The summed E-state index contributed by atoms with van der Waals surface area (Å²) in [5.74, 6) is -0.378. The number of carboxylic acids is 1. The number of halogens is 1. The van der Waals surface area contributed by atoms with E-state index in [-0.39, 0.29) is 30.4 Å². The van der Waals surface area contributed by atoms with E-state index in [9.17, 15) is 9.59 Å². The zero-order valence-electron chi connectivity index (χ0n) is 16.4. The van der Waals surface area contributed by atoms with Crippen molar-refractivity contribution in [3.63, 3.8) is 0 Å². The van der Waals surface area contributed by atoms with Gasteiger partial charge in [-0.05, 0) is 29.7 Å². The number of aromatic nitrogens is 1. The van der Waals surface area contributed by atoms with Gasteiger partial charge in [-0.3, -0.25) is 4.79 Å². The van der Waals surface area contributed by atoms with Gasteiger partial charge in [-0.25, -0.2) is 4.79 Å². The van der Waals surface area contributed by atoms with Gasteiger partial charge < -0.3 is 20.1 Å². The molecule has 2 aromatic carbocycles. The van der Waals surface area contributed by atoms with E-state index in [4.69, 9.17) is 15.6 Å². The number of pyridine rings is 1. The van der Waals surface area contributed by atoms with Crippen LogP contribution in [0.15, 0.2) is 53.3 Å². The molecule has 29 heavy (non-hydrogen) atoms. The molecule has 0 aliphatic carbocycles. The Morgan fingerprint density at radius 3 is 2.41 bits per heavy atom. The standard InChI is InChI=1S/C22H24N2O4.ClH/c1-14(2)12-24-19(11-23)21(15-6-4-3-5-7-15)18-10-16(28-13-20(25)26)8-9-17(18)22(24)27;/h3-10,14H,11-13,23H2,1-2H3,(H,25,26);1H. The number of fused-ring (bicyclic) bond motifs is 1. The lowest BCUT2D eigenvalue weighted by molar-refractivity contribution is -0.139. The second-order valence-corrected chi connectivity index (χ2v) is 7.09. The Kier molecular flexibility index (Phi) is 7.42. The van der Waals surface area contributed by atoms with Crippen LogP contribution >= 0.6 is 12.4 Å². The van der Waals surface area contributed by atoms with Crippen LogP contribution in [-0.4, -0.2) is 22.2 Å². The fraction of sp³-hybridized carbons (Fsp3) is 0.273. The molecule has 1 heterocycles. The van der Waals surface area contributed by atoms with Crippen molar-refractivity contribution in [3.8, 4) is 16.9 Å². The Bertz CT molecular complexity index is 1060. The predicted molar refractivity (Wildman–Crippen MR) is 117 cm³/mol. The van der Waals surface area contributed by atoms with Crippen LogP contribution in [0.3, 0.4) is 0 Å². The number of carboxylic acid groups (broad SMARTS) is 1. The van der Waals surface area contributed by atoms with Crippen LogP contribution in [0.1, 0.15) is 19.5 Å². The number of nitrogens with zero attached hydrogens (tertiary/aromatic N) is 1. The summed E-state index contributed by atoms with van der Waals surface area (Å²) in [6.07, 6.45) is 0. The Morgan fingerprint density at radius 1 is 1.14 bits per heavy atom. The highest BCUT2D eigenvalue weighted by molar-refractivity contribution is 5.98. The molecule has 0 atom stereocenters. The zero-order chi connectivity index (χ0) is 20.3. The fourth-order valence-corrected chi connectivity index (χ4v) is 3.41. The monoisotopic (exact) mass is 416 g/mol. The summed E-state index contributed by atoms with van der Waals surface area (Å²) < 4.78 is 7.09. The summed E-state index contributed by atoms with van der Waals surface area (Å²) in [5.41, 5.74) is 8.57. The van der Waals surface area contributed by atoms with Crippen molar-refractivity contribution >= 4 is 29.1 Å². The van der Waals surface area contributed by atoms with E-state index < -0.39 is 12.6 Å². The number of nitrogens with two attached hydrogens (primary N) is 1. The van der Waals surface area contributed by atoms with Gasteiger partial charge in [-0.15, -0.1) is 12.4 Å². The average molecular weight is 417 g/mol. The summed E-state index contributed by atoms with van der Waals surface area (Å²) >= 11 is 0. The van der Waals surface area contributed by atoms with E-state index in [2.05, 4.69) is 13.8 Å². The topological polar surface area (TPSA) is 94.6 Å². The zero-order valence-corrected chi connectivity index (χ0v) is 17.2. The summed E-state index contributed by atoms with van der Waals surface area (Å²) in [4.78, 5) is 24.0. The largest absolute Gasteiger partial charge is 0.482 e. The molecule has 6 nitrogen and oxygen atoms in total. The molecule has 154 valence electrons. The summed E-state index contributed by atoms with van der Waals surface area (Å²) in [7, 11) is 0. The second-order valence-electron chi connectivity index (χ2n) is 7.09. The SMILES string of the molecule is CC(C)Cn1c(CN)c(-c2ccccc2)c2cc(OCC(=O)O)ccc2c1=O.Cl. The molecular weight excluding hydrogens is 392 g/mol. The minimum atomic E-state index is -1.06. The van der Waals surface area contributed by atoms with E-state index >= 15 is 0 Å². The molecule has 7 heteroatoms. The number of hydrogen-bond donors (Lipinski definition) is 2. The van der Waals surface area contributed by atoms with Gasteiger partial charge in [-0.2, -0.15) is 0 Å². The van der Waals surface area contributed by atoms with E-state index in [1.54, 1.807) is 22.8 Å². The molecule has 3 N–H and O–H groups in total. The van der Waals surface area contributed by atoms with Crippen LogP contribution in [0.4, 0.5) is 0 Å². The Balaban J connectivity index is 0.00000300. The highest BCUT2D eigenvalue weighted by Gasteiger charge is 2.18. The molecule has 0 saturated carbocycles. The Morgan fingerprint density at radius 2 is 1.83 bits per heavy atom. The number of benzene rings is 2. The molecule has 3 aromatic rings. The maximum Gasteiger partial charge on any atom is 0.341 e. The summed E-state index contributed by atoms with van der Waals surface area (Å²) in [6, 6.07) is 14.8. The molecule has 0 bridgehead atoms. The van der Waals surface area contributed by atoms with Gasteiger partial charge in [0.2, 0.25) is 0 Å². The molecule has 0 amide bonds. The smallest absolute Gasteiger partial charge is 0.341 e. The van der Waals surface area contributed by atoms with Crippen molar-refractivity contribution < 1.29 is 14.6 Å². The summed E-state index contributed by atoms with van der Waals surface area (Å²) in [5, 5.41) is 10.1. The third-order valence-electron chi connectivity index (χ3n) is 4.52. The fourth-order valence-electron chi connectivity index (χ4n) is 3.41. The Labute approximate surface area is 175 Å². The first-order valence-electron chi connectivity index (χ1n) is 9.22. The molecule has 0 saturated heterocycles. The number of ether oxygens (including phenoxy) is 1. The van der Waals surface area contributed by atoms with E-state index in [0.29, 0.717) is 23.1 Å². The first-order valence-corrected chi connectivity index (χ1v) is 9.22. The molecule has 0 aliphatic rings. The quantitative estimate of drug-likeness (QED) is 0.612. The van der Waals surface area contributed by atoms with Crippen molar-refractivity contribution in [1.29, 1.82) is 0 Å². The molecule has 1 aromatic heterocycles. The average Bonchev–Trinajstić information content (AvgIpc) is 2.68. The predicted octanol–water partition coefficient (Wildman–Crippen LogP) is 3.67. The van der Waals surface area contributed by atoms with Gasteiger partial charge in [0.05, 0.1) is 0 Å². The highest BCUT2D eigenvalue weighted by atomic mass is 35.5. The van der Waals surface area contributed by atoms with E-state index in [0.717, 1.165) is 16.8 Å². The van der Waals surface area contributed by atoms with Crippen LogP contribution in [0.25, 0.3) is 21.9 Å². The van der Waals surface area contributed by atoms with E-state index in [1.165, 1.54) is 0 Å². The lowest BCUT2D eigenvalue weighted by Crippen LogP contribution is -2.28. The number of aliphatic carboxylic acids is 1. The number of hydrogen-bond acceptors (Lipinski definition) is 4. The van der Waals surface area contributed by atoms with E-state index in [1.807, 2.05) is 30.3 Å². The minimum Gasteiger partial charge on any atom is -0.482 e. The Hall–Kier alpha value is -2.83. The van der Waals surface area contributed by atoms with Crippen LogP contribution in [-0.2, 0) is 17.9 Å². The van der Waals surface area contributed by atoms with Crippen molar-refractivity contribution in [1.82, 2.24) is 4.57 Å². The lowest BCUT2D eigenvalue weighted by Gasteiger charge is -2.21. The molecule has 0 aliphatic heterocycles. The molecule has 0 radical (unpaired) electrons. The van der Waals surface area contributed by atoms with Crippen molar-refractivity contribution in [2.75, 3.05) is 6.61 Å². The lowest BCUT2D eigenvalue weighted by atomic mass is 9.96. The van der Waals surface area contributed by atoms with Crippen LogP contribution in [0.2, 0.25) is 0 Å². The van der Waals surface area contributed by atoms with Gasteiger partial charge >= 0.3 is 5.97 Å². The number of rotatable bonds is 7. The first kappa shape index (κ1) is 22.5. The molecule has 0 unspecified atom stereocenters. The van der Waals surface area contributed by atoms with Crippen LogP contribution in [0.5, 0.6) is 5.75 Å². The van der Waals surface area contributed by atoms with Crippen LogP contribution < -0.4 is 16.0 Å². The van der Waals surface area contributed by atoms with Crippen molar-refractivity contribution in [2.24, 2.45) is 11.7 Å². The highest BCUT2D eigenvalue weighted by Crippen LogP contribution is 2.33. The molecular formula is C22H25ClN2O4. The second kappa shape index (κ2) is 9.58. The minimum absolute atomic E-state index is 0. The van der Waals surface area contributed by atoms with Gasteiger partial charge in [-0.1, -0.05) is 44.2 Å². The van der Waals surface area contributed by atoms with Gasteiger partial charge in [0.25, 0.3) is 5.56 Å². The first-order chi connectivity index (χ1) is 13.4. The third-order valence-corrected chi connectivity index (χ3v) is 4.52. The number of carbonyl (C=O) groups is 1. The van der Waals surface area contributed by atoms with Gasteiger partial charge in [0, 0.05) is 35.1 Å². The normalized spacial score (nSPS) is 10.8. The molecule has 0 fully saturated rings. The molecule has 0 spiro atoms. The van der Waals surface area contributed by atoms with Gasteiger partial charge in [0.1, 0.15) is 5.75 Å². The third kappa shape index (κ3) is 4.78. The summed E-state index contributed by atoms with van der Waals surface area (Å²) in [6.45, 7) is 4.45. The van der Waals surface area contributed by atoms with Crippen LogP contribution in [0, 0.1) is 5.92 Å². The maximum absolute atomic E-state index is 13.2. The van der Waals surface area contributed by atoms with Crippen molar-refractivity contribution in [3.05, 3.63) is 64.6 Å². The molecule has 3 rings (SSSR count). The maximum atomic E-state index is 13.2. The van der Waals surface area contributed by atoms with Gasteiger partial charge in [0.15, 0.2) is 6.61 Å².